The molecule has 0 spiro atoms. The lowest BCUT2D eigenvalue weighted by Crippen LogP contribution is -2.46. The highest BCUT2D eigenvalue weighted by Gasteiger charge is 2.26. The molecule has 0 saturated carbocycles. The van der Waals surface area contributed by atoms with E-state index in [0.29, 0.717) is 5.02 Å². The molecule has 33 heavy (non-hydrogen) atoms. The van der Waals surface area contributed by atoms with Gasteiger partial charge in [-0.25, -0.2) is 8.42 Å². The number of likely N-dealkylation sites (N-methyl/N-ethyl adjacent to an activating group) is 1. The zero-order valence-corrected chi connectivity index (χ0v) is 22.4. The van der Waals surface area contributed by atoms with Crippen molar-refractivity contribution in [3.63, 3.8) is 0 Å². The molecular formula is C22H26BrCl2N3O4S. The Hall–Kier alpha value is -1.81. The van der Waals surface area contributed by atoms with Crippen LogP contribution in [-0.2, 0) is 26.2 Å². The third kappa shape index (κ3) is 7.88. The van der Waals surface area contributed by atoms with E-state index in [0.717, 1.165) is 20.6 Å². The Morgan fingerprint density at radius 3 is 2.45 bits per heavy atom. The van der Waals surface area contributed by atoms with Crippen LogP contribution in [0, 0.1) is 0 Å². The van der Waals surface area contributed by atoms with Crippen molar-refractivity contribution in [3.8, 4) is 0 Å². The Bertz CT molecular complexity index is 1110. The van der Waals surface area contributed by atoms with Gasteiger partial charge in [-0.3, -0.25) is 13.9 Å². The standard InChI is InChI=1S/C22H26BrCl2N3O4S/c1-15(22(30)26-2)27(14-16-6-4-7-17(23)12-16)21(29)8-5-11-28(33(3,31)32)20-13-18(24)9-10-19(20)25/h4,6-7,9-10,12-13,15H,5,8,11,14H2,1-3H3,(H,26,30). The summed E-state index contributed by atoms with van der Waals surface area (Å²) < 4.78 is 26.8. The van der Waals surface area contributed by atoms with Gasteiger partial charge in [-0.05, 0) is 49.2 Å². The number of amides is 2. The van der Waals surface area contributed by atoms with Crippen molar-refractivity contribution < 1.29 is 18.0 Å². The van der Waals surface area contributed by atoms with Crippen molar-refractivity contribution in [3.05, 3.63) is 62.5 Å². The minimum absolute atomic E-state index is 0.0315. The molecule has 0 aliphatic heterocycles. The summed E-state index contributed by atoms with van der Waals surface area (Å²) >= 11 is 15.6. The van der Waals surface area contributed by atoms with E-state index in [1.807, 2.05) is 24.3 Å². The van der Waals surface area contributed by atoms with E-state index in [-0.39, 0.29) is 48.5 Å². The second-order valence-electron chi connectivity index (χ2n) is 7.48. The van der Waals surface area contributed by atoms with Gasteiger partial charge >= 0.3 is 0 Å². The van der Waals surface area contributed by atoms with Crippen molar-refractivity contribution >= 4 is 66.7 Å². The molecule has 2 amide bonds. The molecule has 7 nitrogen and oxygen atoms in total. The van der Waals surface area contributed by atoms with E-state index in [1.165, 1.54) is 24.1 Å². The van der Waals surface area contributed by atoms with Gasteiger partial charge in [0.25, 0.3) is 0 Å². The molecule has 2 aromatic rings. The summed E-state index contributed by atoms with van der Waals surface area (Å²) in [6, 6.07) is 11.3. The number of anilines is 1. The number of hydrogen-bond acceptors (Lipinski definition) is 4. The van der Waals surface area contributed by atoms with Gasteiger partial charge in [0, 0.05) is 36.1 Å². The summed E-state index contributed by atoms with van der Waals surface area (Å²) in [5.74, 6) is -0.557. The Kier molecular flexibility index (Phi) is 10.0. The zero-order valence-electron chi connectivity index (χ0n) is 18.5. The van der Waals surface area contributed by atoms with E-state index in [2.05, 4.69) is 21.2 Å². The second kappa shape index (κ2) is 12.1. The lowest BCUT2D eigenvalue weighted by Gasteiger charge is -2.29. The molecule has 1 atom stereocenters. The van der Waals surface area contributed by atoms with Crippen LogP contribution in [0.25, 0.3) is 0 Å². The van der Waals surface area contributed by atoms with Crippen LogP contribution < -0.4 is 9.62 Å². The molecule has 0 aliphatic carbocycles. The van der Waals surface area contributed by atoms with Gasteiger partial charge in [-0.15, -0.1) is 0 Å². The minimum atomic E-state index is -3.67. The number of nitrogens with one attached hydrogen (secondary N) is 1. The predicted octanol–water partition coefficient (Wildman–Crippen LogP) is 4.47. The minimum Gasteiger partial charge on any atom is -0.357 e. The molecule has 11 heteroatoms. The van der Waals surface area contributed by atoms with Crippen LogP contribution in [0.5, 0.6) is 0 Å². The lowest BCUT2D eigenvalue weighted by molar-refractivity contribution is -0.140. The van der Waals surface area contributed by atoms with E-state index in [1.54, 1.807) is 13.0 Å². The monoisotopic (exact) mass is 577 g/mol. The molecule has 0 radical (unpaired) electrons. The van der Waals surface area contributed by atoms with Crippen LogP contribution in [0.2, 0.25) is 10.0 Å². The number of rotatable bonds is 10. The Morgan fingerprint density at radius 2 is 1.85 bits per heavy atom. The van der Waals surface area contributed by atoms with Crippen molar-refractivity contribution in [1.29, 1.82) is 0 Å². The summed E-state index contributed by atoms with van der Waals surface area (Å²) in [7, 11) is -2.15. The van der Waals surface area contributed by atoms with Crippen LogP contribution in [0.1, 0.15) is 25.3 Å². The Morgan fingerprint density at radius 1 is 1.15 bits per heavy atom. The van der Waals surface area contributed by atoms with E-state index < -0.39 is 16.1 Å². The summed E-state index contributed by atoms with van der Waals surface area (Å²) in [4.78, 5) is 26.8. The molecule has 0 fully saturated rings. The molecule has 0 aromatic heterocycles. The van der Waals surface area contributed by atoms with E-state index >= 15 is 0 Å². The van der Waals surface area contributed by atoms with E-state index in [4.69, 9.17) is 23.2 Å². The van der Waals surface area contributed by atoms with Gasteiger partial charge in [0.15, 0.2) is 0 Å². The first kappa shape index (κ1) is 27.4. The maximum Gasteiger partial charge on any atom is 0.242 e. The van der Waals surface area contributed by atoms with Crippen LogP contribution in [-0.4, -0.2) is 51.0 Å². The fourth-order valence-electron chi connectivity index (χ4n) is 3.28. The normalized spacial score (nSPS) is 12.2. The fraction of sp³-hybridized carbons (Fsp3) is 0.364. The Balaban J connectivity index is 2.18. The zero-order chi connectivity index (χ0) is 24.8. The summed E-state index contributed by atoms with van der Waals surface area (Å²) in [6.45, 7) is 1.93. The maximum absolute atomic E-state index is 13.1. The van der Waals surface area contributed by atoms with Gasteiger partial charge in [0.2, 0.25) is 21.8 Å². The second-order valence-corrected chi connectivity index (χ2v) is 11.1. The average Bonchev–Trinajstić information content (AvgIpc) is 2.75. The number of carbonyl (C=O) groups excluding carboxylic acids is 2. The molecule has 1 N–H and O–H groups in total. The molecule has 0 heterocycles. The Labute approximate surface area is 213 Å². The van der Waals surface area contributed by atoms with Crippen molar-refractivity contribution in [1.82, 2.24) is 10.2 Å². The van der Waals surface area contributed by atoms with Gasteiger partial charge in [0.05, 0.1) is 17.0 Å². The highest BCUT2D eigenvalue weighted by Crippen LogP contribution is 2.31. The topological polar surface area (TPSA) is 86.8 Å². The summed E-state index contributed by atoms with van der Waals surface area (Å²) in [6.07, 6.45) is 1.34. The largest absolute Gasteiger partial charge is 0.357 e. The molecule has 0 saturated heterocycles. The highest BCUT2D eigenvalue weighted by atomic mass is 79.9. The SMILES string of the molecule is CNC(=O)C(C)N(Cc1cccc(Br)c1)C(=O)CCCN(c1cc(Cl)ccc1Cl)S(C)(=O)=O. The number of carbonyl (C=O) groups is 2. The van der Waals surface area contributed by atoms with Gasteiger partial charge in [0.1, 0.15) is 6.04 Å². The number of nitrogens with zero attached hydrogens (tertiary/aromatic N) is 2. The molecule has 180 valence electrons. The first-order valence-corrected chi connectivity index (χ1v) is 13.5. The third-order valence-corrected chi connectivity index (χ3v) is 7.21. The van der Waals surface area contributed by atoms with Gasteiger partial charge in [-0.1, -0.05) is 51.3 Å². The molecular weight excluding hydrogens is 553 g/mol. The van der Waals surface area contributed by atoms with Crippen LogP contribution in [0.3, 0.4) is 0 Å². The quantitative estimate of drug-likeness (QED) is 0.451. The number of hydrogen-bond donors (Lipinski definition) is 1. The average molecular weight is 579 g/mol. The molecule has 2 rings (SSSR count). The third-order valence-electron chi connectivity index (χ3n) is 4.98. The van der Waals surface area contributed by atoms with E-state index in [9.17, 15) is 18.0 Å². The first-order valence-electron chi connectivity index (χ1n) is 10.1. The smallest absolute Gasteiger partial charge is 0.242 e. The molecule has 0 aliphatic rings. The first-order chi connectivity index (χ1) is 15.4. The van der Waals surface area contributed by atoms with Gasteiger partial charge in [-0.2, -0.15) is 0 Å². The molecule has 0 bridgehead atoms. The van der Waals surface area contributed by atoms with Crippen molar-refractivity contribution in [2.75, 3.05) is 24.2 Å². The van der Waals surface area contributed by atoms with Crippen molar-refractivity contribution in [2.45, 2.75) is 32.4 Å². The van der Waals surface area contributed by atoms with Gasteiger partial charge < -0.3 is 10.2 Å². The molecule has 1 unspecified atom stereocenters. The predicted molar refractivity (Wildman–Crippen MR) is 136 cm³/mol. The highest BCUT2D eigenvalue weighted by molar-refractivity contribution is 9.10. The number of benzene rings is 2. The van der Waals surface area contributed by atoms with Crippen LogP contribution >= 0.6 is 39.1 Å². The van der Waals surface area contributed by atoms with Crippen LogP contribution in [0.4, 0.5) is 5.69 Å². The number of halogens is 3. The van der Waals surface area contributed by atoms with Crippen molar-refractivity contribution in [2.24, 2.45) is 0 Å². The maximum atomic E-state index is 13.1. The summed E-state index contributed by atoms with van der Waals surface area (Å²) in [5, 5.41) is 3.15. The number of sulfonamides is 1. The molecule has 2 aromatic carbocycles. The van der Waals surface area contributed by atoms with Crippen LogP contribution in [0.15, 0.2) is 46.9 Å². The fourth-order valence-corrected chi connectivity index (χ4v) is 5.13. The lowest BCUT2D eigenvalue weighted by atomic mass is 10.1. The summed E-state index contributed by atoms with van der Waals surface area (Å²) in [5.41, 5.74) is 1.11.